The van der Waals surface area contributed by atoms with Gasteiger partial charge in [-0.2, -0.15) is 0 Å². The Labute approximate surface area is 107 Å². The van der Waals surface area contributed by atoms with Gasteiger partial charge in [-0.05, 0) is 58.3 Å². The molecule has 0 amide bonds. The summed E-state index contributed by atoms with van der Waals surface area (Å²) in [7, 11) is 1.85. The molecule has 0 aliphatic heterocycles. The minimum Gasteiger partial charge on any atom is -0.381 e. The molecule has 0 bridgehead atoms. The van der Waals surface area contributed by atoms with Crippen molar-refractivity contribution in [2.45, 2.75) is 65.4 Å². The lowest BCUT2D eigenvalue weighted by Crippen LogP contribution is -2.20. The van der Waals surface area contributed by atoms with Crippen LogP contribution in [0.15, 0.2) is 23.3 Å². The van der Waals surface area contributed by atoms with Crippen molar-refractivity contribution >= 4 is 0 Å². The predicted molar refractivity (Wildman–Crippen MR) is 75.2 cm³/mol. The molecule has 1 nitrogen and oxygen atoms in total. The van der Waals surface area contributed by atoms with Crippen molar-refractivity contribution in [3.63, 3.8) is 0 Å². The lowest BCUT2D eigenvalue weighted by Gasteiger charge is -2.23. The molecule has 0 aromatic heterocycles. The minimum atomic E-state index is 0.423. The zero-order valence-corrected chi connectivity index (χ0v) is 12.0. The standard InChI is InChI=1S/C16H28O/c1-13-7-5-8-14(2)11-12-16(17-4)15(3)10-6-9-13/h8-9,15-16H,5-7,10-12H2,1-4H3/b13-9+,14-8+. The molecule has 0 aromatic rings. The molecule has 0 fully saturated rings. The number of allylic oxidation sites excluding steroid dienone is 4. The lowest BCUT2D eigenvalue weighted by atomic mass is 9.92. The van der Waals surface area contributed by atoms with Crippen LogP contribution in [0, 0.1) is 5.92 Å². The van der Waals surface area contributed by atoms with Crippen LogP contribution in [0.2, 0.25) is 0 Å². The number of ether oxygens (including phenoxy) is 1. The first kappa shape index (κ1) is 14.5. The summed E-state index contributed by atoms with van der Waals surface area (Å²) in [5, 5.41) is 0. The van der Waals surface area contributed by atoms with Crippen LogP contribution in [0.5, 0.6) is 0 Å². The van der Waals surface area contributed by atoms with Crippen LogP contribution in [-0.4, -0.2) is 13.2 Å². The number of rotatable bonds is 1. The van der Waals surface area contributed by atoms with Gasteiger partial charge in [0.15, 0.2) is 0 Å². The van der Waals surface area contributed by atoms with Crippen LogP contribution >= 0.6 is 0 Å². The molecule has 0 N–H and O–H groups in total. The van der Waals surface area contributed by atoms with Gasteiger partial charge in [0.25, 0.3) is 0 Å². The summed E-state index contributed by atoms with van der Waals surface area (Å²) in [5.41, 5.74) is 3.06. The fourth-order valence-electron chi connectivity index (χ4n) is 2.53. The summed E-state index contributed by atoms with van der Waals surface area (Å²) < 4.78 is 5.63. The summed E-state index contributed by atoms with van der Waals surface area (Å²) in [4.78, 5) is 0. The quantitative estimate of drug-likeness (QED) is 0.589. The first-order chi connectivity index (χ1) is 8.13. The van der Waals surface area contributed by atoms with Gasteiger partial charge < -0.3 is 4.74 Å². The molecule has 0 spiro atoms. The molecule has 1 aliphatic carbocycles. The van der Waals surface area contributed by atoms with E-state index in [-0.39, 0.29) is 0 Å². The molecule has 0 heterocycles. The number of hydrogen-bond acceptors (Lipinski definition) is 1. The first-order valence-electron chi connectivity index (χ1n) is 6.97. The van der Waals surface area contributed by atoms with Crippen molar-refractivity contribution in [2.75, 3.05) is 7.11 Å². The molecule has 17 heavy (non-hydrogen) atoms. The summed E-state index contributed by atoms with van der Waals surface area (Å²) in [5.74, 6) is 0.663. The van der Waals surface area contributed by atoms with Crippen LogP contribution in [-0.2, 0) is 4.74 Å². The molecule has 0 saturated carbocycles. The zero-order valence-electron chi connectivity index (χ0n) is 12.0. The molecular formula is C16H28O. The van der Waals surface area contributed by atoms with Crippen LogP contribution in [0.25, 0.3) is 0 Å². The van der Waals surface area contributed by atoms with Crippen LogP contribution in [0.4, 0.5) is 0 Å². The predicted octanol–water partition coefficient (Wildman–Crippen LogP) is 4.88. The second kappa shape index (κ2) is 7.71. The van der Waals surface area contributed by atoms with Gasteiger partial charge in [-0.25, -0.2) is 0 Å². The van der Waals surface area contributed by atoms with E-state index >= 15 is 0 Å². The van der Waals surface area contributed by atoms with Crippen molar-refractivity contribution in [1.82, 2.24) is 0 Å². The Hall–Kier alpha value is -0.560. The number of hydrogen-bond donors (Lipinski definition) is 0. The highest BCUT2D eigenvalue weighted by Crippen LogP contribution is 2.22. The third-order valence-corrected chi connectivity index (χ3v) is 3.91. The Morgan fingerprint density at radius 2 is 1.65 bits per heavy atom. The van der Waals surface area contributed by atoms with Crippen molar-refractivity contribution < 1.29 is 4.74 Å². The van der Waals surface area contributed by atoms with E-state index < -0.39 is 0 Å². The smallest absolute Gasteiger partial charge is 0.0600 e. The second-order valence-electron chi connectivity index (χ2n) is 5.51. The summed E-state index contributed by atoms with van der Waals surface area (Å²) in [6, 6.07) is 0. The van der Waals surface area contributed by atoms with Crippen molar-refractivity contribution in [3.8, 4) is 0 Å². The van der Waals surface area contributed by atoms with Gasteiger partial charge in [0.2, 0.25) is 0 Å². The van der Waals surface area contributed by atoms with Gasteiger partial charge in [-0.15, -0.1) is 0 Å². The van der Waals surface area contributed by atoms with Gasteiger partial charge in [0, 0.05) is 7.11 Å². The van der Waals surface area contributed by atoms with E-state index in [1.807, 2.05) is 7.11 Å². The van der Waals surface area contributed by atoms with Crippen molar-refractivity contribution in [1.29, 1.82) is 0 Å². The molecule has 0 saturated heterocycles. The maximum Gasteiger partial charge on any atom is 0.0600 e. The van der Waals surface area contributed by atoms with Crippen molar-refractivity contribution in [3.05, 3.63) is 23.3 Å². The normalized spacial score (nSPS) is 34.8. The van der Waals surface area contributed by atoms with E-state index in [9.17, 15) is 0 Å². The largest absolute Gasteiger partial charge is 0.381 e. The van der Waals surface area contributed by atoms with E-state index in [0.29, 0.717) is 12.0 Å². The fourth-order valence-corrected chi connectivity index (χ4v) is 2.53. The Bertz CT molecular complexity index is 275. The minimum absolute atomic E-state index is 0.423. The highest BCUT2D eigenvalue weighted by molar-refractivity contribution is 5.04. The molecule has 2 unspecified atom stereocenters. The van der Waals surface area contributed by atoms with E-state index in [2.05, 4.69) is 32.9 Å². The van der Waals surface area contributed by atoms with E-state index in [1.54, 1.807) is 0 Å². The Morgan fingerprint density at radius 1 is 1.00 bits per heavy atom. The first-order valence-corrected chi connectivity index (χ1v) is 6.97. The van der Waals surface area contributed by atoms with Gasteiger partial charge in [-0.3, -0.25) is 0 Å². The molecule has 0 radical (unpaired) electrons. The van der Waals surface area contributed by atoms with E-state index in [1.165, 1.54) is 49.7 Å². The summed E-state index contributed by atoms with van der Waals surface area (Å²) >= 11 is 0. The van der Waals surface area contributed by atoms with Gasteiger partial charge in [0.05, 0.1) is 6.10 Å². The lowest BCUT2D eigenvalue weighted by molar-refractivity contribution is 0.0492. The molecule has 1 aliphatic rings. The van der Waals surface area contributed by atoms with Gasteiger partial charge >= 0.3 is 0 Å². The van der Waals surface area contributed by atoms with Crippen molar-refractivity contribution in [2.24, 2.45) is 5.92 Å². The molecule has 98 valence electrons. The molecule has 2 atom stereocenters. The third-order valence-electron chi connectivity index (χ3n) is 3.91. The Morgan fingerprint density at radius 3 is 2.35 bits per heavy atom. The van der Waals surface area contributed by atoms with Crippen LogP contribution in [0.1, 0.15) is 59.3 Å². The monoisotopic (exact) mass is 236 g/mol. The second-order valence-corrected chi connectivity index (χ2v) is 5.51. The topological polar surface area (TPSA) is 9.23 Å². The average Bonchev–Trinajstić information content (AvgIpc) is 2.28. The summed E-state index contributed by atoms with van der Waals surface area (Å²) in [6.07, 6.45) is 12.5. The number of methoxy groups -OCH3 is 1. The molecular weight excluding hydrogens is 208 g/mol. The zero-order chi connectivity index (χ0) is 12.7. The highest BCUT2D eigenvalue weighted by atomic mass is 16.5. The third kappa shape index (κ3) is 5.54. The van der Waals surface area contributed by atoms with Crippen LogP contribution < -0.4 is 0 Å². The maximum absolute atomic E-state index is 5.63. The van der Waals surface area contributed by atoms with E-state index in [4.69, 9.17) is 4.74 Å². The molecule has 1 heteroatoms. The SMILES string of the molecule is COC1CC/C(C)=C/CC/C(C)=C/CCC1C. The maximum atomic E-state index is 5.63. The Kier molecular flexibility index (Phi) is 6.57. The summed E-state index contributed by atoms with van der Waals surface area (Å²) in [6.45, 7) is 6.83. The molecule has 0 aromatic carbocycles. The van der Waals surface area contributed by atoms with Crippen LogP contribution in [0.3, 0.4) is 0 Å². The average molecular weight is 236 g/mol. The van der Waals surface area contributed by atoms with E-state index in [0.717, 1.165) is 0 Å². The van der Waals surface area contributed by atoms with Gasteiger partial charge in [0.1, 0.15) is 0 Å². The van der Waals surface area contributed by atoms with Gasteiger partial charge in [-0.1, -0.05) is 30.2 Å². The highest BCUT2D eigenvalue weighted by Gasteiger charge is 2.16. The molecule has 1 rings (SSSR count). The Balaban J connectivity index is 2.65. The fraction of sp³-hybridized carbons (Fsp3) is 0.750.